The maximum atomic E-state index is 11.6. The van der Waals surface area contributed by atoms with E-state index >= 15 is 0 Å². The average molecular weight is 305 g/mol. The lowest BCUT2D eigenvalue weighted by Crippen LogP contribution is -2.25. The summed E-state index contributed by atoms with van der Waals surface area (Å²) in [6.45, 7) is 6.57. The Morgan fingerprint density at radius 3 is 2.62 bits per heavy atom. The summed E-state index contributed by atoms with van der Waals surface area (Å²) in [4.78, 5) is 24.6. The molecular formula is C14H19N5OS. The van der Waals surface area contributed by atoms with E-state index in [0.717, 1.165) is 23.5 Å². The van der Waals surface area contributed by atoms with Crippen molar-refractivity contribution in [3.05, 3.63) is 28.5 Å². The number of amides is 1. The molecule has 0 bridgehead atoms. The molecule has 21 heavy (non-hydrogen) atoms. The van der Waals surface area contributed by atoms with Gasteiger partial charge >= 0.3 is 0 Å². The predicted octanol–water partition coefficient (Wildman–Crippen LogP) is 2.36. The highest BCUT2D eigenvalue weighted by Crippen LogP contribution is 2.19. The molecule has 1 amide bonds. The number of carbonyl (C=O) groups excluding carboxylic acids is 1. The molecule has 2 heterocycles. The molecule has 0 saturated carbocycles. The second-order valence-electron chi connectivity index (χ2n) is 4.77. The van der Waals surface area contributed by atoms with E-state index in [1.165, 1.54) is 11.3 Å². The van der Waals surface area contributed by atoms with Crippen LogP contribution >= 0.6 is 11.3 Å². The van der Waals surface area contributed by atoms with Crippen LogP contribution in [0.1, 0.15) is 30.4 Å². The molecule has 2 aromatic rings. The number of aromatic nitrogens is 3. The Morgan fingerprint density at radius 1 is 1.24 bits per heavy atom. The summed E-state index contributed by atoms with van der Waals surface area (Å²) in [5.41, 5.74) is 2.56. The van der Waals surface area contributed by atoms with E-state index in [4.69, 9.17) is 0 Å². The number of nitrogens with zero attached hydrogens (tertiary/aromatic N) is 3. The van der Waals surface area contributed by atoms with Crippen LogP contribution in [-0.4, -0.2) is 27.4 Å². The molecule has 7 heteroatoms. The Hall–Kier alpha value is -2.02. The molecule has 0 aliphatic heterocycles. The van der Waals surface area contributed by atoms with Gasteiger partial charge in [0.05, 0.1) is 12.1 Å². The van der Waals surface area contributed by atoms with Crippen molar-refractivity contribution in [2.75, 3.05) is 11.9 Å². The minimum atomic E-state index is -0.00338. The Bertz CT molecular complexity index is 605. The first-order chi connectivity index (χ1) is 10.1. The number of hydrogen-bond donors (Lipinski definition) is 2. The quantitative estimate of drug-likeness (QED) is 0.856. The molecule has 112 valence electrons. The van der Waals surface area contributed by atoms with Crippen LogP contribution in [0.25, 0.3) is 0 Å². The van der Waals surface area contributed by atoms with Crippen LogP contribution in [0.3, 0.4) is 0 Å². The summed E-state index contributed by atoms with van der Waals surface area (Å²) in [5.74, 6) is 0.528. The predicted molar refractivity (Wildman–Crippen MR) is 83.9 cm³/mol. The number of hydrogen-bond acceptors (Lipinski definition) is 6. The largest absolute Gasteiger partial charge is 0.356 e. The zero-order valence-corrected chi connectivity index (χ0v) is 13.3. The van der Waals surface area contributed by atoms with Crippen LogP contribution in [0, 0.1) is 13.8 Å². The fourth-order valence-electron chi connectivity index (χ4n) is 1.81. The van der Waals surface area contributed by atoms with Gasteiger partial charge < -0.3 is 10.6 Å². The van der Waals surface area contributed by atoms with Crippen LogP contribution < -0.4 is 10.6 Å². The van der Waals surface area contributed by atoms with Gasteiger partial charge in [-0.05, 0) is 26.3 Å². The third-order valence-electron chi connectivity index (χ3n) is 2.67. The Labute approximate surface area is 128 Å². The normalized spacial score (nSPS) is 10.4. The minimum Gasteiger partial charge on any atom is -0.356 e. The molecule has 2 aromatic heterocycles. The first kappa shape index (κ1) is 15.4. The summed E-state index contributed by atoms with van der Waals surface area (Å²) in [6, 6.07) is 1.91. The number of carbonyl (C=O) groups is 1. The highest BCUT2D eigenvalue weighted by molar-refractivity contribution is 7.13. The van der Waals surface area contributed by atoms with Gasteiger partial charge in [0.2, 0.25) is 11.9 Å². The lowest BCUT2D eigenvalue weighted by molar-refractivity contribution is -0.120. The zero-order valence-electron chi connectivity index (χ0n) is 12.4. The van der Waals surface area contributed by atoms with Crippen molar-refractivity contribution < 1.29 is 4.79 Å². The van der Waals surface area contributed by atoms with E-state index in [2.05, 4.69) is 25.6 Å². The third-order valence-corrected chi connectivity index (χ3v) is 3.47. The number of aryl methyl sites for hydroxylation is 2. The molecule has 0 unspecified atom stereocenters. The first-order valence-electron chi connectivity index (χ1n) is 6.87. The summed E-state index contributed by atoms with van der Waals surface area (Å²) in [7, 11) is 0. The smallest absolute Gasteiger partial charge is 0.229 e. The lowest BCUT2D eigenvalue weighted by atomic mass is 10.3. The van der Waals surface area contributed by atoms with E-state index in [1.54, 1.807) is 0 Å². The van der Waals surface area contributed by atoms with Crippen molar-refractivity contribution in [3.63, 3.8) is 0 Å². The fraction of sp³-hybridized carbons (Fsp3) is 0.429. The van der Waals surface area contributed by atoms with Gasteiger partial charge in [-0.25, -0.2) is 15.0 Å². The molecule has 0 aliphatic rings. The van der Waals surface area contributed by atoms with E-state index in [9.17, 15) is 4.79 Å². The maximum absolute atomic E-state index is 11.6. The van der Waals surface area contributed by atoms with Gasteiger partial charge in [-0.15, -0.1) is 11.3 Å². The van der Waals surface area contributed by atoms with Crippen LogP contribution in [0.2, 0.25) is 0 Å². The van der Waals surface area contributed by atoms with Crippen molar-refractivity contribution in [3.8, 4) is 0 Å². The van der Waals surface area contributed by atoms with Crippen LogP contribution in [0.5, 0.6) is 0 Å². The molecule has 6 nitrogen and oxygen atoms in total. The molecular weight excluding hydrogens is 286 g/mol. The highest BCUT2D eigenvalue weighted by Gasteiger charge is 2.08. The van der Waals surface area contributed by atoms with Crippen molar-refractivity contribution in [2.45, 2.75) is 33.6 Å². The van der Waals surface area contributed by atoms with Gasteiger partial charge in [0.15, 0.2) is 5.13 Å². The third kappa shape index (κ3) is 4.78. The van der Waals surface area contributed by atoms with Crippen molar-refractivity contribution in [1.82, 2.24) is 20.3 Å². The molecule has 0 fully saturated rings. The summed E-state index contributed by atoms with van der Waals surface area (Å²) < 4.78 is 0. The number of rotatable bonds is 6. The standard InChI is InChI=1S/C14H19N5OS/c1-4-5-15-12(20)7-11-8-21-14(18-11)19-13-16-9(2)6-10(3)17-13/h6,8H,4-5,7H2,1-3H3,(H,15,20)(H,16,17,18,19). The van der Waals surface area contributed by atoms with E-state index in [1.807, 2.05) is 32.2 Å². The molecule has 2 rings (SSSR count). The SMILES string of the molecule is CCCNC(=O)Cc1csc(Nc2nc(C)cc(C)n2)n1. The van der Waals surface area contributed by atoms with Gasteiger partial charge in [-0.1, -0.05) is 6.92 Å². The molecule has 0 spiro atoms. The zero-order chi connectivity index (χ0) is 15.2. The monoisotopic (exact) mass is 305 g/mol. The molecule has 0 saturated heterocycles. The van der Waals surface area contributed by atoms with Gasteiger partial charge in [0.25, 0.3) is 0 Å². The number of nitrogens with one attached hydrogen (secondary N) is 2. The second-order valence-corrected chi connectivity index (χ2v) is 5.63. The van der Waals surface area contributed by atoms with Crippen LogP contribution in [0.15, 0.2) is 11.4 Å². The van der Waals surface area contributed by atoms with Crippen LogP contribution in [0.4, 0.5) is 11.1 Å². The lowest BCUT2D eigenvalue weighted by Gasteiger charge is -2.03. The van der Waals surface area contributed by atoms with Crippen molar-refractivity contribution in [2.24, 2.45) is 0 Å². The molecule has 2 N–H and O–H groups in total. The summed E-state index contributed by atoms with van der Waals surface area (Å²) in [6.07, 6.45) is 1.23. The van der Waals surface area contributed by atoms with E-state index in [0.29, 0.717) is 24.0 Å². The Morgan fingerprint density at radius 2 is 1.95 bits per heavy atom. The molecule has 0 aromatic carbocycles. The summed E-state index contributed by atoms with van der Waals surface area (Å²) in [5, 5.41) is 8.48. The van der Waals surface area contributed by atoms with Crippen molar-refractivity contribution in [1.29, 1.82) is 0 Å². The highest BCUT2D eigenvalue weighted by atomic mass is 32.1. The average Bonchev–Trinajstić information content (AvgIpc) is 2.82. The molecule has 0 atom stereocenters. The van der Waals surface area contributed by atoms with Crippen molar-refractivity contribution >= 4 is 28.3 Å². The second kappa shape index (κ2) is 7.12. The number of thiazole rings is 1. The maximum Gasteiger partial charge on any atom is 0.229 e. The van der Waals surface area contributed by atoms with Gasteiger partial charge in [0.1, 0.15) is 0 Å². The van der Waals surface area contributed by atoms with Crippen LogP contribution in [-0.2, 0) is 11.2 Å². The minimum absolute atomic E-state index is 0.00338. The van der Waals surface area contributed by atoms with Gasteiger partial charge in [0, 0.05) is 23.3 Å². The van der Waals surface area contributed by atoms with E-state index in [-0.39, 0.29) is 5.91 Å². The number of anilines is 2. The molecule has 0 radical (unpaired) electrons. The van der Waals surface area contributed by atoms with Gasteiger partial charge in [-0.2, -0.15) is 0 Å². The topological polar surface area (TPSA) is 79.8 Å². The Balaban J connectivity index is 1.98. The Kier molecular flexibility index (Phi) is 5.21. The van der Waals surface area contributed by atoms with Gasteiger partial charge in [-0.3, -0.25) is 4.79 Å². The fourth-order valence-corrected chi connectivity index (χ4v) is 2.52. The summed E-state index contributed by atoms with van der Waals surface area (Å²) >= 11 is 1.44. The molecule has 0 aliphatic carbocycles. The first-order valence-corrected chi connectivity index (χ1v) is 7.75. The van der Waals surface area contributed by atoms with E-state index < -0.39 is 0 Å².